The predicted octanol–water partition coefficient (Wildman–Crippen LogP) is 2.61. The standard InChI is InChI=1S/C18H17F3N2O3S/c19-18(20,21)13-4-1-3-12(7-13)17(26)23-9-14(24)8-22(16(25)11-23)10-15-5-2-6-27-15/h1-7,14,24H,8-11H2. The lowest BCUT2D eigenvalue weighted by Gasteiger charge is -2.21. The highest BCUT2D eigenvalue weighted by molar-refractivity contribution is 7.09. The molecule has 9 heteroatoms. The molecule has 3 rings (SSSR count). The molecule has 1 aliphatic rings. The number of nitrogens with zero attached hydrogens (tertiary/aromatic N) is 2. The molecule has 144 valence electrons. The Morgan fingerprint density at radius 1 is 1.22 bits per heavy atom. The third-order valence-corrected chi connectivity index (χ3v) is 5.05. The highest BCUT2D eigenvalue weighted by Crippen LogP contribution is 2.30. The van der Waals surface area contributed by atoms with E-state index in [1.165, 1.54) is 22.3 Å². The monoisotopic (exact) mass is 398 g/mol. The average molecular weight is 398 g/mol. The topological polar surface area (TPSA) is 60.9 Å². The van der Waals surface area contributed by atoms with Crippen LogP contribution in [0, 0.1) is 0 Å². The minimum absolute atomic E-state index is 0.0586. The first-order valence-corrected chi connectivity index (χ1v) is 9.07. The second-order valence-corrected chi connectivity index (χ2v) is 7.30. The molecule has 1 aliphatic heterocycles. The van der Waals surface area contributed by atoms with Crippen molar-refractivity contribution in [2.24, 2.45) is 0 Å². The van der Waals surface area contributed by atoms with Crippen LogP contribution in [-0.4, -0.2) is 52.5 Å². The van der Waals surface area contributed by atoms with E-state index in [4.69, 9.17) is 0 Å². The summed E-state index contributed by atoms with van der Waals surface area (Å²) in [7, 11) is 0. The number of carbonyl (C=O) groups excluding carboxylic acids is 2. The van der Waals surface area contributed by atoms with Crippen LogP contribution in [0.5, 0.6) is 0 Å². The summed E-state index contributed by atoms with van der Waals surface area (Å²) in [5.41, 5.74) is -1.11. The molecule has 1 atom stereocenters. The molecule has 1 aromatic carbocycles. The number of halogens is 3. The van der Waals surface area contributed by atoms with Crippen LogP contribution in [0.25, 0.3) is 0 Å². The summed E-state index contributed by atoms with van der Waals surface area (Å²) in [6.07, 6.45) is -5.55. The molecule has 1 N–H and O–H groups in total. The fourth-order valence-electron chi connectivity index (χ4n) is 2.91. The fraction of sp³-hybridized carbons (Fsp3) is 0.333. The maximum absolute atomic E-state index is 12.9. The Morgan fingerprint density at radius 2 is 2.00 bits per heavy atom. The van der Waals surface area contributed by atoms with Gasteiger partial charge >= 0.3 is 6.18 Å². The Kier molecular flexibility index (Phi) is 5.52. The van der Waals surface area contributed by atoms with Gasteiger partial charge in [0.15, 0.2) is 0 Å². The Labute approximate surface area is 157 Å². The molecule has 0 bridgehead atoms. The van der Waals surface area contributed by atoms with Crippen molar-refractivity contribution in [2.45, 2.75) is 18.8 Å². The highest BCUT2D eigenvalue weighted by Gasteiger charge is 2.33. The summed E-state index contributed by atoms with van der Waals surface area (Å²) >= 11 is 1.47. The van der Waals surface area contributed by atoms with Gasteiger partial charge < -0.3 is 14.9 Å². The number of hydrogen-bond donors (Lipinski definition) is 1. The predicted molar refractivity (Wildman–Crippen MR) is 93.1 cm³/mol. The first-order valence-electron chi connectivity index (χ1n) is 8.19. The molecule has 1 fully saturated rings. The number of hydrogen-bond acceptors (Lipinski definition) is 4. The number of alkyl halides is 3. The van der Waals surface area contributed by atoms with Crippen LogP contribution in [0.4, 0.5) is 13.2 Å². The van der Waals surface area contributed by atoms with E-state index in [0.717, 1.165) is 28.0 Å². The number of thiophene rings is 1. The number of carbonyl (C=O) groups is 2. The van der Waals surface area contributed by atoms with E-state index in [2.05, 4.69) is 0 Å². The van der Waals surface area contributed by atoms with Crippen molar-refractivity contribution in [3.8, 4) is 0 Å². The molecule has 0 spiro atoms. The van der Waals surface area contributed by atoms with E-state index in [-0.39, 0.29) is 31.1 Å². The van der Waals surface area contributed by atoms with Crippen molar-refractivity contribution in [1.29, 1.82) is 0 Å². The van der Waals surface area contributed by atoms with Crippen LogP contribution in [0.1, 0.15) is 20.8 Å². The smallest absolute Gasteiger partial charge is 0.389 e. The number of amides is 2. The Hall–Kier alpha value is -2.39. The molecule has 1 saturated heterocycles. The van der Waals surface area contributed by atoms with Gasteiger partial charge in [0, 0.05) is 23.5 Å². The fourth-order valence-corrected chi connectivity index (χ4v) is 3.62. The lowest BCUT2D eigenvalue weighted by molar-refractivity contribution is -0.137. The van der Waals surface area contributed by atoms with Crippen LogP contribution in [0.15, 0.2) is 41.8 Å². The van der Waals surface area contributed by atoms with E-state index in [0.29, 0.717) is 6.54 Å². The van der Waals surface area contributed by atoms with Gasteiger partial charge in [-0.2, -0.15) is 13.2 Å². The second-order valence-electron chi connectivity index (χ2n) is 6.27. The maximum atomic E-state index is 12.9. The first-order chi connectivity index (χ1) is 12.7. The van der Waals surface area contributed by atoms with Crippen LogP contribution in [0.3, 0.4) is 0 Å². The van der Waals surface area contributed by atoms with Gasteiger partial charge in [-0.3, -0.25) is 9.59 Å². The molecular weight excluding hydrogens is 381 g/mol. The zero-order chi connectivity index (χ0) is 19.6. The van der Waals surface area contributed by atoms with Crippen LogP contribution >= 0.6 is 11.3 Å². The molecule has 2 heterocycles. The SMILES string of the molecule is O=C1CN(C(=O)c2cccc(C(F)(F)F)c2)CC(O)CN1Cc1cccs1. The lowest BCUT2D eigenvalue weighted by Crippen LogP contribution is -2.39. The van der Waals surface area contributed by atoms with E-state index in [1.54, 1.807) is 0 Å². The van der Waals surface area contributed by atoms with Crippen molar-refractivity contribution in [2.75, 3.05) is 19.6 Å². The largest absolute Gasteiger partial charge is 0.416 e. The zero-order valence-electron chi connectivity index (χ0n) is 14.1. The summed E-state index contributed by atoms with van der Waals surface area (Å²) in [6, 6.07) is 7.76. The van der Waals surface area contributed by atoms with Crippen molar-refractivity contribution in [1.82, 2.24) is 9.80 Å². The van der Waals surface area contributed by atoms with Gasteiger partial charge in [-0.15, -0.1) is 11.3 Å². The number of aliphatic hydroxyl groups excluding tert-OH is 1. The molecular formula is C18H17F3N2O3S. The third-order valence-electron chi connectivity index (χ3n) is 4.19. The molecule has 27 heavy (non-hydrogen) atoms. The molecule has 2 aromatic rings. The van der Waals surface area contributed by atoms with Gasteiger partial charge in [0.2, 0.25) is 5.91 Å². The van der Waals surface area contributed by atoms with Crippen LogP contribution in [-0.2, 0) is 17.5 Å². The molecule has 2 amide bonds. The van der Waals surface area contributed by atoms with Crippen LogP contribution < -0.4 is 0 Å². The number of benzene rings is 1. The number of β-amino-alcohol motifs (C(OH)–C–C–N with tert-alkyl or cyclic N) is 1. The molecule has 5 nitrogen and oxygen atoms in total. The number of aliphatic hydroxyl groups is 1. The molecule has 1 unspecified atom stereocenters. The van der Waals surface area contributed by atoms with Crippen LogP contribution in [0.2, 0.25) is 0 Å². The Morgan fingerprint density at radius 3 is 2.67 bits per heavy atom. The van der Waals surface area contributed by atoms with Gasteiger partial charge in [0.25, 0.3) is 5.91 Å². The Balaban J connectivity index is 1.77. The minimum atomic E-state index is -4.57. The van der Waals surface area contributed by atoms with E-state index in [9.17, 15) is 27.9 Å². The highest BCUT2D eigenvalue weighted by atomic mass is 32.1. The maximum Gasteiger partial charge on any atom is 0.416 e. The summed E-state index contributed by atoms with van der Waals surface area (Å²) < 4.78 is 38.6. The van der Waals surface area contributed by atoms with Crippen molar-refractivity contribution in [3.63, 3.8) is 0 Å². The van der Waals surface area contributed by atoms with E-state index in [1.807, 2.05) is 17.5 Å². The van der Waals surface area contributed by atoms with Gasteiger partial charge in [0.1, 0.15) is 6.54 Å². The van der Waals surface area contributed by atoms with Crippen molar-refractivity contribution < 1.29 is 27.9 Å². The normalized spacial score (nSPS) is 18.5. The van der Waals surface area contributed by atoms with Gasteiger partial charge in [-0.1, -0.05) is 12.1 Å². The summed E-state index contributed by atoms with van der Waals surface area (Å²) in [6.45, 7) is -0.0402. The summed E-state index contributed by atoms with van der Waals surface area (Å²) in [4.78, 5) is 28.6. The first kappa shape index (κ1) is 19.4. The molecule has 1 aromatic heterocycles. The van der Waals surface area contributed by atoms with Gasteiger partial charge in [-0.25, -0.2) is 0 Å². The van der Waals surface area contributed by atoms with E-state index >= 15 is 0 Å². The quantitative estimate of drug-likeness (QED) is 0.865. The summed E-state index contributed by atoms with van der Waals surface area (Å²) in [5.74, 6) is -1.08. The average Bonchev–Trinajstić information content (AvgIpc) is 3.07. The summed E-state index contributed by atoms with van der Waals surface area (Å²) in [5, 5.41) is 12.1. The lowest BCUT2D eigenvalue weighted by atomic mass is 10.1. The minimum Gasteiger partial charge on any atom is -0.389 e. The molecule has 0 saturated carbocycles. The third kappa shape index (κ3) is 4.67. The number of rotatable bonds is 3. The van der Waals surface area contributed by atoms with Crippen molar-refractivity contribution in [3.05, 3.63) is 57.8 Å². The second kappa shape index (κ2) is 7.69. The van der Waals surface area contributed by atoms with E-state index < -0.39 is 23.8 Å². The zero-order valence-corrected chi connectivity index (χ0v) is 15.0. The molecule has 0 aliphatic carbocycles. The Bertz CT molecular complexity index is 824. The van der Waals surface area contributed by atoms with Crippen molar-refractivity contribution >= 4 is 23.2 Å². The van der Waals surface area contributed by atoms with Gasteiger partial charge in [0.05, 0.1) is 18.2 Å². The van der Waals surface area contributed by atoms with Gasteiger partial charge in [-0.05, 0) is 29.6 Å². The molecule has 0 radical (unpaired) electrons.